The Morgan fingerprint density at radius 2 is 1.64 bits per heavy atom. The zero-order valence-corrected chi connectivity index (χ0v) is 37.0. The molecular weight excluding hydrogens is 891 g/mol. The van der Waals surface area contributed by atoms with Crippen LogP contribution in [0, 0.1) is 5.92 Å². The normalized spacial score (nSPS) is 19.7. The Balaban J connectivity index is 0.737. The van der Waals surface area contributed by atoms with Gasteiger partial charge < -0.3 is 15.1 Å². The molecule has 0 saturated carbocycles. The highest BCUT2D eigenvalue weighted by molar-refractivity contribution is 7.82. The lowest BCUT2D eigenvalue weighted by Crippen LogP contribution is -2.49. The number of fused-ring (bicyclic) bond motifs is 1. The third-order valence-electron chi connectivity index (χ3n) is 13.1. The van der Waals surface area contributed by atoms with Gasteiger partial charge in [0.25, 0.3) is 0 Å². The Kier molecular flexibility index (Phi) is 12.8. The number of carbonyl (C=O) groups excluding carboxylic acids is 2. The minimum atomic E-state index is -4.85. The number of hydrogen-bond donors (Lipinski definition) is 2. The summed E-state index contributed by atoms with van der Waals surface area (Å²) in [6.45, 7) is 4.65. The van der Waals surface area contributed by atoms with Gasteiger partial charge in [0.2, 0.25) is 11.9 Å². The number of carbonyl (C=O) groups is 2. The van der Waals surface area contributed by atoms with Crippen LogP contribution in [0.4, 0.5) is 48.6 Å². The molecule has 15 nitrogen and oxygen atoms in total. The average Bonchev–Trinajstić information content (AvgIpc) is 3.89. The number of aromatic nitrogens is 6. The molecule has 0 bridgehead atoms. The quantitative estimate of drug-likeness (QED) is 0.133. The standard InChI is InChI=1S/C44H50F6N12O3S/c1-57-37-21-30(5-6-35(37)40(56-57)62-20-13-38(63)54-42(62)64)29-9-14-58(15-10-29)25-28-7-16-59(17-8-28)33-3-2-4-34(22-33)66(65)61-18-11-32(12-19-61)53-41-51-24-36(44(48,49)50)39(55-41)31-23-52-60(26-31)27-43(45,46)47/h2-6,21-24,26,28-29,32H,7-20,25,27H2,1H3,(H,51,53,55)(H,54,63,64). The van der Waals surface area contributed by atoms with Gasteiger partial charge >= 0.3 is 18.4 Å². The van der Waals surface area contributed by atoms with Crippen LogP contribution in [0.2, 0.25) is 0 Å². The summed E-state index contributed by atoms with van der Waals surface area (Å²) in [5, 5.41) is 14.6. The number of halogens is 6. The summed E-state index contributed by atoms with van der Waals surface area (Å²) in [4.78, 5) is 39.3. The number of likely N-dealkylation sites (tertiary alicyclic amines) is 1. The van der Waals surface area contributed by atoms with Gasteiger partial charge in [0.15, 0.2) is 5.82 Å². The van der Waals surface area contributed by atoms with Crippen molar-refractivity contribution in [2.24, 2.45) is 13.0 Å². The summed E-state index contributed by atoms with van der Waals surface area (Å²) < 4.78 is 98.3. The lowest BCUT2D eigenvalue weighted by Gasteiger charge is -2.38. The van der Waals surface area contributed by atoms with Crippen LogP contribution < -0.4 is 20.4 Å². The molecular formula is C44H50F6N12O3S. The maximum atomic E-state index is 13.9. The highest BCUT2D eigenvalue weighted by Gasteiger charge is 2.37. The topological polar surface area (TPSA) is 150 Å². The molecule has 352 valence electrons. The van der Waals surface area contributed by atoms with E-state index < -0.39 is 47.2 Å². The van der Waals surface area contributed by atoms with Crippen molar-refractivity contribution in [1.82, 2.24) is 44.1 Å². The molecule has 1 unspecified atom stereocenters. The number of alkyl halides is 6. The summed E-state index contributed by atoms with van der Waals surface area (Å²) in [5.74, 6) is 1.21. The monoisotopic (exact) mass is 940 g/mol. The van der Waals surface area contributed by atoms with Gasteiger partial charge in [-0.15, -0.1) is 0 Å². The van der Waals surface area contributed by atoms with Gasteiger partial charge in [0.1, 0.15) is 23.1 Å². The van der Waals surface area contributed by atoms with E-state index in [4.69, 9.17) is 0 Å². The lowest BCUT2D eigenvalue weighted by molar-refractivity contribution is -0.142. The summed E-state index contributed by atoms with van der Waals surface area (Å²) in [6.07, 6.45) is -1.54. The number of amides is 3. The van der Waals surface area contributed by atoms with Crippen LogP contribution in [0.3, 0.4) is 0 Å². The van der Waals surface area contributed by atoms with Crippen LogP contribution in [0.5, 0.6) is 0 Å². The smallest absolute Gasteiger partial charge is 0.371 e. The van der Waals surface area contributed by atoms with E-state index in [0.717, 1.165) is 87.4 Å². The molecule has 4 aliphatic rings. The predicted octanol–water partition coefficient (Wildman–Crippen LogP) is 6.95. The number of nitrogens with zero attached hydrogens (tertiary/aromatic N) is 10. The molecule has 0 aliphatic carbocycles. The van der Waals surface area contributed by atoms with E-state index >= 15 is 0 Å². The van der Waals surface area contributed by atoms with Crippen molar-refractivity contribution in [2.75, 3.05) is 67.5 Å². The van der Waals surface area contributed by atoms with Crippen molar-refractivity contribution in [3.63, 3.8) is 0 Å². The number of nitrogens with one attached hydrogen (secondary N) is 2. The Morgan fingerprint density at radius 1 is 0.879 bits per heavy atom. The van der Waals surface area contributed by atoms with Crippen LogP contribution in [-0.2, 0) is 35.5 Å². The third-order valence-corrected chi connectivity index (χ3v) is 14.6. The molecule has 3 aromatic heterocycles. The first-order chi connectivity index (χ1) is 31.5. The van der Waals surface area contributed by atoms with Gasteiger partial charge in [-0.1, -0.05) is 12.1 Å². The summed E-state index contributed by atoms with van der Waals surface area (Å²) in [5.41, 5.74) is 1.28. The second-order valence-electron chi connectivity index (χ2n) is 17.6. The van der Waals surface area contributed by atoms with Gasteiger partial charge in [-0.05, 0) is 99.3 Å². The molecule has 5 aromatic rings. The molecule has 3 amide bonds. The van der Waals surface area contributed by atoms with E-state index in [2.05, 4.69) is 58.8 Å². The Hall–Kier alpha value is -5.61. The number of anilines is 3. The number of benzene rings is 2. The maximum absolute atomic E-state index is 13.9. The largest absolute Gasteiger partial charge is 0.419 e. The van der Waals surface area contributed by atoms with E-state index in [1.807, 2.05) is 40.3 Å². The lowest BCUT2D eigenvalue weighted by atomic mass is 9.88. The number of imide groups is 1. The number of piperidine rings is 3. The van der Waals surface area contributed by atoms with Gasteiger partial charge in [-0.3, -0.25) is 24.4 Å². The number of hydrogen-bond acceptors (Lipinski definition) is 10. The molecule has 66 heavy (non-hydrogen) atoms. The van der Waals surface area contributed by atoms with Crippen LogP contribution in [0.15, 0.2) is 66.0 Å². The molecule has 0 spiro atoms. The SMILES string of the molecule is Cn1nc(N2CCC(=O)NC2=O)c2ccc(C3CCN(CC4CCN(c5cccc(S(=O)N6CCC(Nc7ncc(C(F)(F)F)c(-c8cnn(CC(F)(F)F)c8)n7)CC6)c5)CC4)CC3)cc21. The van der Waals surface area contributed by atoms with Crippen molar-refractivity contribution in [3.05, 3.63) is 72.2 Å². The molecule has 4 saturated heterocycles. The van der Waals surface area contributed by atoms with E-state index in [1.54, 1.807) is 0 Å². The van der Waals surface area contributed by atoms with Gasteiger partial charge in [-0.2, -0.15) is 36.5 Å². The molecule has 7 heterocycles. The van der Waals surface area contributed by atoms with E-state index in [1.165, 1.54) is 10.5 Å². The first-order valence-electron chi connectivity index (χ1n) is 22.2. The van der Waals surface area contributed by atoms with Crippen LogP contribution >= 0.6 is 0 Å². The fraction of sp³-hybridized carbons (Fsp3) is 0.500. The summed E-state index contributed by atoms with van der Waals surface area (Å²) in [7, 11) is 0.444. The molecule has 0 radical (unpaired) electrons. The first kappa shape index (κ1) is 45.5. The van der Waals surface area contributed by atoms with Crippen molar-refractivity contribution in [2.45, 2.75) is 80.7 Å². The molecule has 4 fully saturated rings. The highest BCUT2D eigenvalue weighted by atomic mass is 32.2. The molecule has 1 atom stereocenters. The average molecular weight is 941 g/mol. The molecule has 2 N–H and O–H groups in total. The second-order valence-corrected chi connectivity index (χ2v) is 19.1. The third kappa shape index (κ3) is 10.2. The molecule has 9 rings (SSSR count). The second kappa shape index (κ2) is 18.6. The van der Waals surface area contributed by atoms with Gasteiger partial charge in [0.05, 0.1) is 22.3 Å². The number of aryl methyl sites for hydroxylation is 1. The highest BCUT2D eigenvalue weighted by Crippen LogP contribution is 2.38. The fourth-order valence-corrected chi connectivity index (χ4v) is 10.8. The van der Waals surface area contributed by atoms with E-state index in [9.17, 15) is 40.1 Å². The fourth-order valence-electron chi connectivity index (χ4n) is 9.58. The van der Waals surface area contributed by atoms with Crippen molar-refractivity contribution in [1.29, 1.82) is 0 Å². The van der Waals surface area contributed by atoms with Gasteiger partial charge in [-0.25, -0.2) is 23.3 Å². The number of urea groups is 1. The summed E-state index contributed by atoms with van der Waals surface area (Å²) in [6, 6.07) is 13.6. The summed E-state index contributed by atoms with van der Waals surface area (Å²) >= 11 is 0. The van der Waals surface area contributed by atoms with Crippen molar-refractivity contribution >= 4 is 51.3 Å². The molecule has 22 heteroatoms. The van der Waals surface area contributed by atoms with E-state index in [0.29, 0.717) is 65.9 Å². The Bertz CT molecular complexity index is 2600. The zero-order chi connectivity index (χ0) is 46.3. The van der Waals surface area contributed by atoms with Gasteiger partial charge in [0, 0.05) is 87.8 Å². The molecule has 4 aliphatic heterocycles. The van der Waals surface area contributed by atoms with Crippen molar-refractivity contribution < 1.29 is 40.1 Å². The van der Waals surface area contributed by atoms with E-state index in [-0.39, 0.29) is 29.9 Å². The number of rotatable bonds is 11. The van der Waals surface area contributed by atoms with Crippen LogP contribution in [0.1, 0.15) is 62.0 Å². The van der Waals surface area contributed by atoms with Crippen molar-refractivity contribution in [3.8, 4) is 11.3 Å². The van der Waals surface area contributed by atoms with Crippen LogP contribution in [0.25, 0.3) is 22.2 Å². The predicted molar refractivity (Wildman–Crippen MR) is 235 cm³/mol. The van der Waals surface area contributed by atoms with Crippen LogP contribution in [-0.4, -0.2) is 119 Å². The Labute approximate surface area is 379 Å². The Morgan fingerprint density at radius 3 is 2.35 bits per heavy atom. The zero-order valence-electron chi connectivity index (χ0n) is 36.2. The maximum Gasteiger partial charge on any atom is 0.419 e. The molecule has 2 aromatic carbocycles. The first-order valence-corrected chi connectivity index (χ1v) is 23.3. The minimum Gasteiger partial charge on any atom is -0.371 e. The minimum absolute atomic E-state index is 0.0955.